The molecular formula is C19H27FN4O. The smallest absolute Gasteiger partial charge is 0.242 e. The molecule has 0 saturated carbocycles. The highest BCUT2D eigenvalue weighted by molar-refractivity contribution is 5.83. The molecule has 0 aliphatic heterocycles. The Balaban J connectivity index is 2.13. The molecule has 2 aromatic rings. The van der Waals surface area contributed by atoms with Crippen molar-refractivity contribution in [2.24, 2.45) is 0 Å². The van der Waals surface area contributed by atoms with Crippen molar-refractivity contribution in [3.63, 3.8) is 0 Å². The molecule has 1 heterocycles. The van der Waals surface area contributed by atoms with E-state index in [1.807, 2.05) is 37.5 Å². The van der Waals surface area contributed by atoms with Crippen molar-refractivity contribution >= 4 is 5.91 Å². The molecule has 6 heteroatoms. The van der Waals surface area contributed by atoms with Crippen molar-refractivity contribution in [2.75, 3.05) is 14.1 Å². The number of aromatic nitrogens is 2. The lowest BCUT2D eigenvalue weighted by Crippen LogP contribution is -2.36. The first-order valence-electron chi connectivity index (χ1n) is 8.57. The van der Waals surface area contributed by atoms with Gasteiger partial charge in [-0.15, -0.1) is 0 Å². The summed E-state index contributed by atoms with van der Waals surface area (Å²) in [6, 6.07) is 5.58. The average Bonchev–Trinajstić information content (AvgIpc) is 2.81. The van der Waals surface area contributed by atoms with E-state index in [-0.39, 0.29) is 11.7 Å². The lowest BCUT2D eigenvalue weighted by molar-refractivity contribution is -0.125. The van der Waals surface area contributed by atoms with Gasteiger partial charge in [-0.3, -0.25) is 14.4 Å². The van der Waals surface area contributed by atoms with Crippen LogP contribution in [-0.4, -0.2) is 34.7 Å². The van der Waals surface area contributed by atoms with Gasteiger partial charge in [0.2, 0.25) is 5.91 Å². The molecule has 0 aliphatic rings. The van der Waals surface area contributed by atoms with Gasteiger partial charge < -0.3 is 5.32 Å². The summed E-state index contributed by atoms with van der Waals surface area (Å²) in [6.07, 6.45) is 1.01. The van der Waals surface area contributed by atoms with Crippen LogP contribution < -0.4 is 5.32 Å². The van der Waals surface area contributed by atoms with Crippen LogP contribution in [-0.2, 0) is 17.9 Å². The Morgan fingerprint density at radius 3 is 2.48 bits per heavy atom. The minimum Gasteiger partial charge on any atom is -0.350 e. The monoisotopic (exact) mass is 346 g/mol. The van der Waals surface area contributed by atoms with E-state index in [1.54, 1.807) is 12.1 Å². The maximum Gasteiger partial charge on any atom is 0.242 e. The standard InChI is InChI=1S/C19H27FN4O/c1-6-11-24-14(3)17(13(2)22-24)12-21-19(25)18(23(4)5)15-7-9-16(20)10-8-15/h7-10,18H,6,11-12H2,1-5H3,(H,21,25). The largest absolute Gasteiger partial charge is 0.350 e. The summed E-state index contributed by atoms with van der Waals surface area (Å²) < 4.78 is 15.1. The second-order valence-electron chi connectivity index (χ2n) is 6.51. The van der Waals surface area contributed by atoms with E-state index in [0.29, 0.717) is 6.54 Å². The maximum atomic E-state index is 13.2. The van der Waals surface area contributed by atoms with Gasteiger partial charge >= 0.3 is 0 Å². The van der Waals surface area contributed by atoms with E-state index < -0.39 is 6.04 Å². The van der Waals surface area contributed by atoms with Crippen LogP contribution in [0.4, 0.5) is 4.39 Å². The van der Waals surface area contributed by atoms with Crippen molar-refractivity contribution in [2.45, 2.75) is 46.3 Å². The number of carbonyl (C=O) groups is 1. The van der Waals surface area contributed by atoms with Crippen molar-refractivity contribution < 1.29 is 9.18 Å². The number of nitrogens with one attached hydrogen (secondary N) is 1. The molecule has 1 aromatic heterocycles. The Kier molecular flexibility index (Phi) is 6.31. The van der Waals surface area contributed by atoms with E-state index in [2.05, 4.69) is 17.3 Å². The molecule has 1 aromatic carbocycles. The fraction of sp³-hybridized carbons (Fsp3) is 0.474. The average molecular weight is 346 g/mol. The number of benzene rings is 1. The number of halogens is 1. The summed E-state index contributed by atoms with van der Waals surface area (Å²) in [5.41, 5.74) is 3.84. The number of carbonyl (C=O) groups excluding carboxylic acids is 1. The Labute approximate surface area is 148 Å². The first kappa shape index (κ1) is 19.1. The molecule has 0 bridgehead atoms. The molecular weight excluding hydrogens is 319 g/mol. The number of hydrogen-bond acceptors (Lipinski definition) is 3. The lowest BCUT2D eigenvalue weighted by Gasteiger charge is -2.24. The summed E-state index contributed by atoms with van der Waals surface area (Å²) in [7, 11) is 3.67. The fourth-order valence-corrected chi connectivity index (χ4v) is 3.02. The molecule has 0 radical (unpaired) electrons. The second-order valence-corrected chi connectivity index (χ2v) is 6.51. The van der Waals surface area contributed by atoms with Crippen LogP contribution in [0.2, 0.25) is 0 Å². The van der Waals surface area contributed by atoms with Crippen molar-refractivity contribution in [3.05, 3.63) is 52.6 Å². The van der Waals surface area contributed by atoms with Gasteiger partial charge in [0.05, 0.1) is 5.69 Å². The Morgan fingerprint density at radius 1 is 1.28 bits per heavy atom. The zero-order valence-corrected chi connectivity index (χ0v) is 15.6. The predicted molar refractivity (Wildman–Crippen MR) is 96.7 cm³/mol. The summed E-state index contributed by atoms with van der Waals surface area (Å²) in [4.78, 5) is 14.5. The highest BCUT2D eigenvalue weighted by atomic mass is 19.1. The number of aryl methyl sites for hydroxylation is 2. The lowest BCUT2D eigenvalue weighted by atomic mass is 10.0. The van der Waals surface area contributed by atoms with Crippen LogP contribution in [0.15, 0.2) is 24.3 Å². The van der Waals surface area contributed by atoms with Gasteiger partial charge in [0.15, 0.2) is 0 Å². The SMILES string of the molecule is CCCn1nc(C)c(CNC(=O)C(c2ccc(F)cc2)N(C)C)c1C. The highest BCUT2D eigenvalue weighted by Gasteiger charge is 2.23. The van der Waals surface area contributed by atoms with Crippen LogP contribution in [0.3, 0.4) is 0 Å². The Morgan fingerprint density at radius 2 is 1.92 bits per heavy atom. The van der Waals surface area contributed by atoms with E-state index in [4.69, 9.17) is 0 Å². The van der Waals surface area contributed by atoms with E-state index in [0.717, 1.165) is 35.5 Å². The molecule has 0 spiro atoms. The normalized spacial score (nSPS) is 12.4. The van der Waals surface area contributed by atoms with E-state index in [1.165, 1.54) is 12.1 Å². The number of rotatable bonds is 7. The molecule has 1 atom stereocenters. The molecule has 1 amide bonds. The summed E-state index contributed by atoms with van der Waals surface area (Å²) >= 11 is 0. The summed E-state index contributed by atoms with van der Waals surface area (Å²) in [5, 5.41) is 7.54. The third-order valence-corrected chi connectivity index (χ3v) is 4.36. The van der Waals surface area contributed by atoms with Gasteiger partial charge in [0.1, 0.15) is 11.9 Å². The van der Waals surface area contributed by atoms with Crippen LogP contribution >= 0.6 is 0 Å². The summed E-state index contributed by atoms with van der Waals surface area (Å²) in [5.74, 6) is -0.421. The minimum atomic E-state index is -0.466. The number of likely N-dealkylation sites (N-methyl/N-ethyl adjacent to an activating group) is 1. The van der Waals surface area contributed by atoms with Gasteiger partial charge in [-0.05, 0) is 52.1 Å². The topological polar surface area (TPSA) is 50.2 Å². The van der Waals surface area contributed by atoms with Crippen molar-refractivity contribution in [1.29, 1.82) is 0 Å². The van der Waals surface area contributed by atoms with E-state index in [9.17, 15) is 9.18 Å². The molecule has 2 rings (SSSR count). The highest BCUT2D eigenvalue weighted by Crippen LogP contribution is 2.20. The molecule has 25 heavy (non-hydrogen) atoms. The van der Waals surface area contributed by atoms with Crippen LogP contribution in [0.1, 0.15) is 41.9 Å². The fourth-order valence-electron chi connectivity index (χ4n) is 3.02. The first-order valence-corrected chi connectivity index (χ1v) is 8.57. The van der Waals surface area contributed by atoms with Gasteiger partial charge in [0, 0.05) is 24.3 Å². The molecule has 0 aliphatic carbocycles. The number of nitrogens with zero attached hydrogens (tertiary/aromatic N) is 3. The molecule has 1 N–H and O–H groups in total. The third-order valence-electron chi connectivity index (χ3n) is 4.36. The predicted octanol–water partition coefficient (Wildman–Crippen LogP) is 2.97. The second kappa shape index (κ2) is 8.25. The third kappa shape index (κ3) is 4.45. The van der Waals surface area contributed by atoms with Crippen molar-refractivity contribution in [3.8, 4) is 0 Å². The maximum absolute atomic E-state index is 13.2. The van der Waals surface area contributed by atoms with Crippen LogP contribution in [0.5, 0.6) is 0 Å². The summed E-state index contributed by atoms with van der Waals surface area (Å²) in [6.45, 7) is 7.41. The van der Waals surface area contributed by atoms with Crippen LogP contribution in [0, 0.1) is 19.7 Å². The molecule has 0 fully saturated rings. The molecule has 1 unspecified atom stereocenters. The zero-order valence-electron chi connectivity index (χ0n) is 15.6. The first-order chi connectivity index (χ1) is 11.8. The van der Waals surface area contributed by atoms with Gasteiger partial charge in [0.25, 0.3) is 0 Å². The quantitative estimate of drug-likeness (QED) is 0.838. The number of hydrogen-bond donors (Lipinski definition) is 1. The van der Waals surface area contributed by atoms with Gasteiger partial charge in [-0.2, -0.15) is 5.10 Å². The minimum absolute atomic E-state index is 0.112. The molecule has 136 valence electrons. The molecule has 0 saturated heterocycles. The van der Waals surface area contributed by atoms with Gasteiger partial charge in [-0.25, -0.2) is 4.39 Å². The van der Waals surface area contributed by atoms with Crippen molar-refractivity contribution in [1.82, 2.24) is 20.0 Å². The Bertz CT molecular complexity index is 722. The number of amides is 1. The van der Waals surface area contributed by atoms with Gasteiger partial charge in [-0.1, -0.05) is 19.1 Å². The zero-order chi connectivity index (χ0) is 18.6. The Hall–Kier alpha value is -2.21. The van der Waals surface area contributed by atoms with Crippen LogP contribution in [0.25, 0.3) is 0 Å². The molecule has 5 nitrogen and oxygen atoms in total. The van der Waals surface area contributed by atoms with E-state index >= 15 is 0 Å².